The van der Waals surface area contributed by atoms with E-state index in [1.54, 1.807) is 0 Å². The molecule has 0 amide bonds. The zero-order chi connectivity index (χ0) is 14.9. The molecule has 0 aromatic carbocycles. The van der Waals surface area contributed by atoms with Crippen LogP contribution in [0, 0.1) is 13.8 Å². The van der Waals surface area contributed by atoms with Gasteiger partial charge in [0.2, 0.25) is 0 Å². The molecule has 0 aliphatic heterocycles. The van der Waals surface area contributed by atoms with Crippen molar-refractivity contribution >= 4 is 5.82 Å². The molecule has 0 bridgehead atoms. The third-order valence-corrected chi connectivity index (χ3v) is 3.07. The van der Waals surface area contributed by atoms with Gasteiger partial charge in [-0.1, -0.05) is 20.8 Å². The second-order valence-corrected chi connectivity index (χ2v) is 6.03. The maximum absolute atomic E-state index is 4.72. The average Bonchev–Trinajstić information content (AvgIpc) is 2.77. The molecule has 2 aromatic heterocycles. The molecule has 0 unspecified atom stereocenters. The van der Waals surface area contributed by atoms with Crippen molar-refractivity contribution in [2.24, 2.45) is 0 Å². The molecule has 20 heavy (non-hydrogen) atoms. The van der Waals surface area contributed by atoms with E-state index in [0.717, 1.165) is 35.3 Å². The Kier molecular flexibility index (Phi) is 3.79. The topological polar surface area (TPSA) is 55.6 Å². The van der Waals surface area contributed by atoms with Crippen LogP contribution in [0.15, 0.2) is 12.3 Å². The molecule has 0 radical (unpaired) electrons. The summed E-state index contributed by atoms with van der Waals surface area (Å²) in [5.41, 5.74) is 1.89. The van der Waals surface area contributed by atoms with Crippen LogP contribution in [0.1, 0.15) is 44.8 Å². The first-order chi connectivity index (χ1) is 9.32. The van der Waals surface area contributed by atoms with Gasteiger partial charge in [0, 0.05) is 23.7 Å². The van der Waals surface area contributed by atoms with Crippen molar-refractivity contribution in [1.29, 1.82) is 0 Å². The minimum Gasteiger partial charge on any atom is -0.370 e. The molecule has 0 atom stereocenters. The fraction of sp³-hybridized carbons (Fsp3) is 0.533. The highest BCUT2D eigenvalue weighted by Gasteiger charge is 2.21. The number of aromatic nitrogens is 4. The van der Waals surface area contributed by atoms with Gasteiger partial charge in [-0.2, -0.15) is 5.10 Å². The van der Waals surface area contributed by atoms with Gasteiger partial charge in [-0.3, -0.25) is 0 Å². The molecule has 2 heterocycles. The standard InChI is InChI=1S/C15H23N5/c1-7-16-12-11(3)13(20-9-8-10(2)19-20)18-14(17-12)15(4,5)6/h8-9H,7H2,1-6H3,(H,16,17,18). The summed E-state index contributed by atoms with van der Waals surface area (Å²) in [4.78, 5) is 9.38. The fourth-order valence-corrected chi connectivity index (χ4v) is 1.94. The van der Waals surface area contributed by atoms with Gasteiger partial charge in [0.1, 0.15) is 11.6 Å². The van der Waals surface area contributed by atoms with E-state index >= 15 is 0 Å². The molecule has 0 aliphatic carbocycles. The van der Waals surface area contributed by atoms with Crippen LogP contribution in [0.3, 0.4) is 0 Å². The molecule has 0 aliphatic rings. The van der Waals surface area contributed by atoms with Crippen molar-refractivity contribution in [3.05, 3.63) is 29.3 Å². The third kappa shape index (κ3) is 2.81. The molecular formula is C15H23N5. The van der Waals surface area contributed by atoms with E-state index in [2.05, 4.69) is 43.1 Å². The second-order valence-electron chi connectivity index (χ2n) is 6.03. The first kappa shape index (κ1) is 14.5. The Morgan fingerprint density at radius 3 is 2.40 bits per heavy atom. The minimum atomic E-state index is -0.102. The Morgan fingerprint density at radius 1 is 1.20 bits per heavy atom. The molecule has 0 fully saturated rings. The normalized spacial score (nSPS) is 11.7. The van der Waals surface area contributed by atoms with E-state index in [-0.39, 0.29) is 5.41 Å². The highest BCUT2D eigenvalue weighted by Crippen LogP contribution is 2.25. The summed E-state index contributed by atoms with van der Waals surface area (Å²) in [6, 6.07) is 1.98. The molecule has 5 heteroatoms. The van der Waals surface area contributed by atoms with Crippen molar-refractivity contribution in [3.63, 3.8) is 0 Å². The largest absolute Gasteiger partial charge is 0.370 e. The van der Waals surface area contributed by atoms with Gasteiger partial charge < -0.3 is 5.32 Å². The first-order valence-corrected chi connectivity index (χ1v) is 6.98. The van der Waals surface area contributed by atoms with E-state index in [4.69, 9.17) is 4.98 Å². The van der Waals surface area contributed by atoms with Crippen molar-refractivity contribution in [2.45, 2.75) is 47.0 Å². The molecule has 5 nitrogen and oxygen atoms in total. The van der Waals surface area contributed by atoms with Gasteiger partial charge in [-0.25, -0.2) is 14.6 Å². The molecule has 2 aromatic rings. The zero-order valence-corrected chi connectivity index (χ0v) is 13.2. The van der Waals surface area contributed by atoms with Crippen molar-refractivity contribution in [2.75, 3.05) is 11.9 Å². The van der Waals surface area contributed by atoms with Crippen LogP contribution in [0.2, 0.25) is 0 Å². The highest BCUT2D eigenvalue weighted by atomic mass is 15.3. The van der Waals surface area contributed by atoms with E-state index < -0.39 is 0 Å². The number of hydrogen-bond acceptors (Lipinski definition) is 4. The van der Waals surface area contributed by atoms with Gasteiger partial charge >= 0.3 is 0 Å². The lowest BCUT2D eigenvalue weighted by molar-refractivity contribution is 0.542. The molecule has 0 saturated carbocycles. The van der Waals surface area contributed by atoms with Gasteiger partial charge in [-0.15, -0.1) is 0 Å². The Bertz CT molecular complexity index is 607. The molecule has 0 saturated heterocycles. The summed E-state index contributed by atoms with van der Waals surface area (Å²) in [5.74, 6) is 2.55. The number of aryl methyl sites for hydroxylation is 1. The van der Waals surface area contributed by atoms with E-state index in [9.17, 15) is 0 Å². The van der Waals surface area contributed by atoms with Crippen LogP contribution in [0.5, 0.6) is 0 Å². The van der Waals surface area contributed by atoms with Crippen LogP contribution in [-0.4, -0.2) is 26.3 Å². The molecule has 108 valence electrons. The van der Waals surface area contributed by atoms with E-state index in [0.29, 0.717) is 0 Å². The van der Waals surface area contributed by atoms with Crippen molar-refractivity contribution in [3.8, 4) is 5.82 Å². The Labute approximate surface area is 120 Å². The smallest absolute Gasteiger partial charge is 0.162 e. The predicted molar refractivity (Wildman–Crippen MR) is 81.5 cm³/mol. The van der Waals surface area contributed by atoms with Crippen LogP contribution in [-0.2, 0) is 5.41 Å². The summed E-state index contributed by atoms with van der Waals surface area (Å²) in [6.45, 7) is 13.2. The van der Waals surface area contributed by atoms with Gasteiger partial charge in [0.05, 0.1) is 5.69 Å². The summed E-state index contributed by atoms with van der Waals surface area (Å²) in [7, 11) is 0. The summed E-state index contributed by atoms with van der Waals surface area (Å²) in [6.07, 6.45) is 1.94. The fourth-order valence-electron chi connectivity index (χ4n) is 1.94. The lowest BCUT2D eigenvalue weighted by atomic mass is 9.95. The summed E-state index contributed by atoms with van der Waals surface area (Å²) >= 11 is 0. The summed E-state index contributed by atoms with van der Waals surface area (Å²) in [5, 5.41) is 7.78. The van der Waals surface area contributed by atoms with Crippen LogP contribution < -0.4 is 5.32 Å². The molecule has 1 N–H and O–H groups in total. The second kappa shape index (κ2) is 5.23. The number of nitrogens with one attached hydrogen (secondary N) is 1. The Morgan fingerprint density at radius 2 is 1.90 bits per heavy atom. The maximum atomic E-state index is 4.72. The third-order valence-electron chi connectivity index (χ3n) is 3.07. The van der Waals surface area contributed by atoms with Crippen molar-refractivity contribution < 1.29 is 0 Å². The van der Waals surface area contributed by atoms with Crippen LogP contribution in [0.25, 0.3) is 5.82 Å². The van der Waals surface area contributed by atoms with Crippen molar-refractivity contribution in [1.82, 2.24) is 19.7 Å². The van der Waals surface area contributed by atoms with Gasteiger partial charge in [0.25, 0.3) is 0 Å². The zero-order valence-electron chi connectivity index (χ0n) is 13.2. The number of rotatable bonds is 3. The highest BCUT2D eigenvalue weighted by molar-refractivity contribution is 5.51. The molecule has 0 spiro atoms. The van der Waals surface area contributed by atoms with Gasteiger partial charge in [-0.05, 0) is 26.8 Å². The quantitative estimate of drug-likeness (QED) is 0.934. The van der Waals surface area contributed by atoms with Crippen LogP contribution in [0.4, 0.5) is 5.82 Å². The van der Waals surface area contributed by atoms with E-state index in [1.807, 2.05) is 30.8 Å². The lowest BCUT2D eigenvalue weighted by Gasteiger charge is -2.20. The Balaban J connectivity index is 2.63. The first-order valence-electron chi connectivity index (χ1n) is 6.98. The molecule has 2 rings (SSSR count). The number of anilines is 1. The predicted octanol–water partition coefficient (Wildman–Crippen LogP) is 3.01. The molecular weight excluding hydrogens is 250 g/mol. The Hall–Kier alpha value is -1.91. The monoisotopic (exact) mass is 273 g/mol. The SMILES string of the molecule is CCNc1nc(C(C)(C)C)nc(-n2ccc(C)n2)c1C. The number of hydrogen-bond donors (Lipinski definition) is 1. The maximum Gasteiger partial charge on any atom is 0.162 e. The van der Waals surface area contributed by atoms with Gasteiger partial charge in [0.15, 0.2) is 5.82 Å². The lowest BCUT2D eigenvalue weighted by Crippen LogP contribution is -2.20. The minimum absolute atomic E-state index is 0.102. The summed E-state index contributed by atoms with van der Waals surface area (Å²) < 4.78 is 1.82. The van der Waals surface area contributed by atoms with Crippen LogP contribution >= 0.6 is 0 Å². The van der Waals surface area contributed by atoms with E-state index in [1.165, 1.54) is 0 Å². The average molecular weight is 273 g/mol. The number of nitrogens with zero attached hydrogens (tertiary/aromatic N) is 4.